The average Bonchev–Trinajstić information content (AvgIpc) is 3.29. The van der Waals surface area contributed by atoms with Crippen LogP contribution < -0.4 is 5.32 Å². The third-order valence-corrected chi connectivity index (χ3v) is 3.89. The van der Waals surface area contributed by atoms with Crippen molar-refractivity contribution >= 4 is 5.91 Å². The third kappa shape index (κ3) is 3.97. The Balaban J connectivity index is 1.64. The largest absolute Gasteiger partial charge is 0.435 e. The lowest BCUT2D eigenvalue weighted by Crippen LogP contribution is -2.28. The van der Waals surface area contributed by atoms with E-state index in [0.717, 1.165) is 37.1 Å². The Morgan fingerprint density at radius 3 is 2.52 bits per heavy atom. The van der Waals surface area contributed by atoms with Crippen molar-refractivity contribution < 1.29 is 26.7 Å². The van der Waals surface area contributed by atoms with Crippen molar-refractivity contribution in [2.75, 3.05) is 6.54 Å². The van der Waals surface area contributed by atoms with Crippen LogP contribution in [0.3, 0.4) is 0 Å². The zero-order valence-corrected chi connectivity index (χ0v) is 12.9. The van der Waals surface area contributed by atoms with Crippen LogP contribution >= 0.6 is 0 Å². The summed E-state index contributed by atoms with van der Waals surface area (Å²) in [5, 5.41) is 6.03. The second kappa shape index (κ2) is 6.45. The predicted molar refractivity (Wildman–Crippen MR) is 77.9 cm³/mol. The van der Waals surface area contributed by atoms with E-state index >= 15 is 0 Å². The molecule has 0 saturated heterocycles. The van der Waals surface area contributed by atoms with Gasteiger partial charge in [-0.15, -0.1) is 0 Å². The highest BCUT2D eigenvalue weighted by Crippen LogP contribution is 2.42. The van der Waals surface area contributed by atoms with Crippen LogP contribution in [0.25, 0.3) is 0 Å². The van der Waals surface area contributed by atoms with Crippen LogP contribution in [0.5, 0.6) is 0 Å². The maximum absolute atomic E-state index is 13.1. The van der Waals surface area contributed by atoms with Gasteiger partial charge in [-0.2, -0.15) is 18.3 Å². The van der Waals surface area contributed by atoms with Crippen molar-refractivity contribution in [3.8, 4) is 0 Å². The van der Waals surface area contributed by atoms with Gasteiger partial charge in [0, 0.05) is 23.7 Å². The second-order valence-corrected chi connectivity index (χ2v) is 5.83. The molecule has 1 aliphatic carbocycles. The average molecular weight is 359 g/mol. The monoisotopic (exact) mass is 359 g/mol. The molecule has 1 aromatic carbocycles. The zero-order valence-electron chi connectivity index (χ0n) is 12.9. The molecule has 1 heterocycles. The van der Waals surface area contributed by atoms with Gasteiger partial charge in [0.15, 0.2) is 17.3 Å². The lowest BCUT2D eigenvalue weighted by molar-refractivity contribution is -0.141. The van der Waals surface area contributed by atoms with Crippen LogP contribution in [0, 0.1) is 11.6 Å². The van der Waals surface area contributed by atoms with Crippen LogP contribution in [0.15, 0.2) is 24.3 Å². The van der Waals surface area contributed by atoms with Gasteiger partial charge in [0.1, 0.15) is 0 Å². The Morgan fingerprint density at radius 2 is 1.92 bits per heavy atom. The first-order valence-electron chi connectivity index (χ1n) is 7.64. The molecule has 4 nitrogen and oxygen atoms in total. The van der Waals surface area contributed by atoms with E-state index in [2.05, 4.69) is 10.4 Å². The van der Waals surface area contributed by atoms with Gasteiger partial charge in [-0.25, -0.2) is 8.78 Å². The van der Waals surface area contributed by atoms with E-state index in [0.29, 0.717) is 5.69 Å². The highest BCUT2D eigenvalue weighted by atomic mass is 19.4. The number of amides is 1. The third-order valence-electron chi connectivity index (χ3n) is 3.89. The highest BCUT2D eigenvalue weighted by molar-refractivity contribution is 5.94. The SMILES string of the molecule is O=C(NCCn1nc(C(F)(F)F)cc1C1CC1)c1ccc(F)c(F)c1. The Kier molecular flexibility index (Phi) is 4.49. The van der Waals surface area contributed by atoms with Crippen molar-refractivity contribution in [3.63, 3.8) is 0 Å². The van der Waals surface area contributed by atoms with E-state index in [1.54, 1.807) is 0 Å². The number of halogens is 5. The first-order chi connectivity index (χ1) is 11.8. The Morgan fingerprint density at radius 1 is 1.20 bits per heavy atom. The number of carbonyl (C=O) groups excluding carboxylic acids is 1. The molecule has 1 aliphatic rings. The maximum atomic E-state index is 13.1. The fourth-order valence-electron chi connectivity index (χ4n) is 2.47. The molecule has 2 aromatic rings. The molecule has 1 saturated carbocycles. The van der Waals surface area contributed by atoms with Crippen LogP contribution in [-0.4, -0.2) is 22.2 Å². The van der Waals surface area contributed by atoms with Gasteiger partial charge in [-0.1, -0.05) is 0 Å². The van der Waals surface area contributed by atoms with Crippen LogP contribution in [0.2, 0.25) is 0 Å². The summed E-state index contributed by atoms with van der Waals surface area (Å²) in [4.78, 5) is 11.9. The van der Waals surface area contributed by atoms with Crippen molar-refractivity contribution in [3.05, 3.63) is 52.9 Å². The molecule has 134 valence electrons. The molecule has 9 heteroatoms. The fraction of sp³-hybridized carbons (Fsp3) is 0.375. The number of benzene rings is 1. The van der Waals surface area contributed by atoms with Gasteiger partial charge in [0.25, 0.3) is 5.91 Å². The Labute approximate surface area is 139 Å². The van der Waals surface area contributed by atoms with E-state index in [1.807, 2.05) is 0 Å². The fourth-order valence-corrected chi connectivity index (χ4v) is 2.47. The number of rotatable bonds is 5. The highest BCUT2D eigenvalue weighted by Gasteiger charge is 2.37. The number of hydrogen-bond donors (Lipinski definition) is 1. The minimum Gasteiger partial charge on any atom is -0.350 e. The molecule has 0 radical (unpaired) electrons. The summed E-state index contributed by atoms with van der Waals surface area (Å²) in [5.74, 6) is -2.80. The molecular weight excluding hydrogens is 345 g/mol. The molecule has 1 N–H and O–H groups in total. The van der Waals surface area contributed by atoms with Crippen molar-refractivity contribution in [2.45, 2.75) is 31.5 Å². The molecular formula is C16H14F5N3O. The number of carbonyl (C=O) groups is 1. The predicted octanol–water partition coefficient (Wildman–Crippen LogP) is 3.49. The van der Waals surface area contributed by atoms with Gasteiger partial charge in [-0.05, 0) is 37.1 Å². The summed E-state index contributed by atoms with van der Waals surface area (Å²) in [5.41, 5.74) is -0.534. The van der Waals surface area contributed by atoms with Crippen LogP contribution in [-0.2, 0) is 12.7 Å². The zero-order chi connectivity index (χ0) is 18.2. The molecule has 0 atom stereocenters. The number of nitrogens with zero attached hydrogens (tertiary/aromatic N) is 2. The lowest BCUT2D eigenvalue weighted by atomic mass is 10.2. The topological polar surface area (TPSA) is 46.9 Å². The van der Waals surface area contributed by atoms with Crippen molar-refractivity contribution in [1.29, 1.82) is 0 Å². The summed E-state index contributed by atoms with van der Waals surface area (Å²) in [6.45, 7) is 0.0633. The summed E-state index contributed by atoms with van der Waals surface area (Å²) in [6.07, 6.45) is -2.90. The summed E-state index contributed by atoms with van der Waals surface area (Å²) < 4.78 is 65.6. The van der Waals surface area contributed by atoms with E-state index in [4.69, 9.17) is 0 Å². The summed E-state index contributed by atoms with van der Waals surface area (Å²) in [7, 11) is 0. The van der Waals surface area contributed by atoms with Gasteiger partial charge in [0.05, 0.1) is 6.54 Å². The molecule has 1 aromatic heterocycles. The van der Waals surface area contributed by atoms with Crippen molar-refractivity contribution in [2.24, 2.45) is 0 Å². The summed E-state index contributed by atoms with van der Waals surface area (Å²) >= 11 is 0. The number of nitrogens with one attached hydrogen (secondary N) is 1. The molecule has 3 rings (SSSR count). The number of aromatic nitrogens is 2. The molecule has 0 aliphatic heterocycles. The smallest absolute Gasteiger partial charge is 0.350 e. The molecule has 0 spiro atoms. The lowest BCUT2D eigenvalue weighted by Gasteiger charge is -2.09. The Bertz CT molecular complexity index is 796. The van der Waals surface area contributed by atoms with Gasteiger partial charge in [-0.3, -0.25) is 9.48 Å². The van der Waals surface area contributed by atoms with Gasteiger partial charge in [0.2, 0.25) is 0 Å². The molecule has 0 unspecified atom stereocenters. The quantitative estimate of drug-likeness (QED) is 0.831. The van der Waals surface area contributed by atoms with Crippen LogP contribution in [0.4, 0.5) is 22.0 Å². The molecule has 1 amide bonds. The maximum Gasteiger partial charge on any atom is 0.435 e. The van der Waals surface area contributed by atoms with E-state index in [-0.39, 0.29) is 24.6 Å². The van der Waals surface area contributed by atoms with E-state index < -0.39 is 29.4 Å². The van der Waals surface area contributed by atoms with E-state index in [9.17, 15) is 26.7 Å². The first-order valence-corrected chi connectivity index (χ1v) is 7.64. The molecule has 0 bridgehead atoms. The standard InChI is InChI=1S/C16H14F5N3O/c17-11-4-3-10(7-12(11)18)15(25)22-5-6-24-13(9-1-2-9)8-14(23-24)16(19,20)21/h3-4,7-9H,1-2,5-6H2,(H,22,25). The van der Waals surface area contributed by atoms with Gasteiger partial charge < -0.3 is 5.32 Å². The second-order valence-electron chi connectivity index (χ2n) is 5.83. The van der Waals surface area contributed by atoms with E-state index in [1.165, 1.54) is 4.68 Å². The summed E-state index contributed by atoms with van der Waals surface area (Å²) in [6, 6.07) is 3.75. The number of alkyl halides is 3. The minimum absolute atomic E-state index is 0.0104. The Hall–Kier alpha value is -2.45. The minimum atomic E-state index is -4.52. The molecule has 25 heavy (non-hydrogen) atoms. The normalized spacial score (nSPS) is 14.6. The first kappa shape index (κ1) is 17.4. The number of hydrogen-bond acceptors (Lipinski definition) is 2. The van der Waals surface area contributed by atoms with Crippen molar-refractivity contribution in [1.82, 2.24) is 15.1 Å². The van der Waals surface area contributed by atoms with Crippen LogP contribution in [0.1, 0.15) is 40.5 Å². The molecule has 1 fully saturated rings. The van der Waals surface area contributed by atoms with Gasteiger partial charge >= 0.3 is 6.18 Å².